The van der Waals surface area contributed by atoms with Crippen LogP contribution in [0, 0.1) is 11.8 Å². The first-order chi connectivity index (χ1) is 11.6. The minimum Gasteiger partial charge on any atom is -0.428 e. The average Bonchev–Trinajstić information content (AvgIpc) is 3.17. The molecule has 0 N–H and O–H groups in total. The molecule has 4 atom stereocenters. The van der Waals surface area contributed by atoms with Crippen molar-refractivity contribution in [2.45, 2.75) is 45.1 Å². The Bertz CT molecular complexity index is 588. The second-order valence-corrected chi connectivity index (χ2v) is 6.71. The maximum atomic E-state index is 12.5. The molecule has 0 spiro atoms. The fourth-order valence-corrected chi connectivity index (χ4v) is 4.56. The zero-order valence-corrected chi connectivity index (χ0v) is 14.3. The first-order valence-electron chi connectivity index (χ1n) is 8.73. The summed E-state index contributed by atoms with van der Waals surface area (Å²) in [6, 6.07) is 10.6. The summed E-state index contributed by atoms with van der Waals surface area (Å²) in [6.07, 6.45) is 3.20. The first-order valence-corrected chi connectivity index (χ1v) is 8.73. The number of carbonyl (C=O) groups is 2. The third-order valence-electron chi connectivity index (χ3n) is 5.44. The number of likely N-dealkylation sites (N-methyl/N-ethyl adjacent to an activating group) is 1. The standard InChI is InChI=1S/C19H25NO4/c1-3-20(19(22)24-12-23-13(2)21)18-16-10-9-15(11-16)17(18)14-7-5-4-6-8-14/h4-8,15-18H,3,9-12H2,1-2H3. The predicted molar refractivity (Wildman–Crippen MR) is 89.3 cm³/mol. The smallest absolute Gasteiger partial charge is 0.412 e. The molecule has 0 radical (unpaired) electrons. The van der Waals surface area contributed by atoms with Crippen LogP contribution >= 0.6 is 0 Å². The number of amides is 1. The third-order valence-corrected chi connectivity index (χ3v) is 5.44. The van der Waals surface area contributed by atoms with Crippen molar-refractivity contribution in [3.63, 3.8) is 0 Å². The number of esters is 1. The van der Waals surface area contributed by atoms with Gasteiger partial charge in [0.05, 0.1) is 0 Å². The van der Waals surface area contributed by atoms with Crippen molar-refractivity contribution in [2.75, 3.05) is 13.3 Å². The van der Waals surface area contributed by atoms with Crippen LogP contribution in [-0.2, 0) is 14.3 Å². The summed E-state index contributed by atoms with van der Waals surface area (Å²) in [5, 5.41) is 0. The second-order valence-electron chi connectivity index (χ2n) is 6.71. The molecule has 1 aromatic carbocycles. The van der Waals surface area contributed by atoms with Gasteiger partial charge in [0.2, 0.25) is 6.79 Å². The zero-order valence-electron chi connectivity index (χ0n) is 14.3. The fourth-order valence-electron chi connectivity index (χ4n) is 4.56. The number of hydrogen-bond acceptors (Lipinski definition) is 4. The van der Waals surface area contributed by atoms with Gasteiger partial charge in [-0.2, -0.15) is 0 Å². The van der Waals surface area contributed by atoms with Crippen molar-refractivity contribution in [1.29, 1.82) is 0 Å². The summed E-state index contributed by atoms with van der Waals surface area (Å²) < 4.78 is 9.89. The van der Waals surface area contributed by atoms with E-state index in [4.69, 9.17) is 9.47 Å². The fraction of sp³-hybridized carbons (Fsp3) is 0.579. The van der Waals surface area contributed by atoms with E-state index in [-0.39, 0.29) is 12.8 Å². The largest absolute Gasteiger partial charge is 0.428 e. The van der Waals surface area contributed by atoms with Crippen LogP contribution in [0.15, 0.2) is 30.3 Å². The molecular weight excluding hydrogens is 306 g/mol. The highest BCUT2D eigenvalue weighted by atomic mass is 16.7. The summed E-state index contributed by atoms with van der Waals surface area (Å²) in [7, 11) is 0. The molecule has 5 nitrogen and oxygen atoms in total. The summed E-state index contributed by atoms with van der Waals surface area (Å²) in [5.41, 5.74) is 1.31. The summed E-state index contributed by atoms with van der Waals surface area (Å²) in [6.45, 7) is 3.55. The van der Waals surface area contributed by atoms with E-state index in [0.29, 0.717) is 24.3 Å². The lowest BCUT2D eigenvalue weighted by atomic mass is 9.79. The molecule has 0 saturated heterocycles. The van der Waals surface area contributed by atoms with Crippen LogP contribution in [0.2, 0.25) is 0 Å². The third kappa shape index (κ3) is 3.25. The molecule has 2 bridgehead atoms. The summed E-state index contributed by atoms with van der Waals surface area (Å²) in [5.74, 6) is 1.08. The maximum Gasteiger partial charge on any atom is 0.412 e. The molecule has 2 aliphatic rings. The Kier molecular flexibility index (Phi) is 5.07. The van der Waals surface area contributed by atoms with Crippen molar-refractivity contribution in [1.82, 2.24) is 4.90 Å². The van der Waals surface area contributed by atoms with E-state index in [1.165, 1.54) is 31.7 Å². The minimum atomic E-state index is -0.451. The van der Waals surface area contributed by atoms with Gasteiger partial charge in [0.25, 0.3) is 0 Å². The van der Waals surface area contributed by atoms with Crippen molar-refractivity contribution >= 4 is 12.1 Å². The quantitative estimate of drug-likeness (QED) is 0.611. The van der Waals surface area contributed by atoms with Gasteiger partial charge in [-0.3, -0.25) is 4.79 Å². The van der Waals surface area contributed by atoms with E-state index in [1.54, 1.807) is 0 Å². The SMILES string of the molecule is CCN(C(=O)OCOC(C)=O)C1C2CCC(C2)C1c1ccccc1. The molecular formula is C19H25NO4. The van der Waals surface area contributed by atoms with E-state index in [9.17, 15) is 9.59 Å². The molecule has 2 fully saturated rings. The number of ether oxygens (including phenoxy) is 2. The van der Waals surface area contributed by atoms with Crippen LogP contribution < -0.4 is 0 Å². The van der Waals surface area contributed by atoms with Crippen LogP contribution in [0.1, 0.15) is 44.6 Å². The van der Waals surface area contributed by atoms with Crippen LogP contribution in [0.3, 0.4) is 0 Å². The lowest BCUT2D eigenvalue weighted by Gasteiger charge is -2.39. The number of hydrogen-bond donors (Lipinski definition) is 0. The van der Waals surface area contributed by atoms with Crippen LogP contribution in [0.4, 0.5) is 4.79 Å². The van der Waals surface area contributed by atoms with Crippen molar-refractivity contribution < 1.29 is 19.1 Å². The van der Waals surface area contributed by atoms with E-state index in [1.807, 2.05) is 17.9 Å². The molecule has 4 unspecified atom stereocenters. The van der Waals surface area contributed by atoms with Crippen molar-refractivity contribution in [2.24, 2.45) is 11.8 Å². The van der Waals surface area contributed by atoms with Gasteiger partial charge in [-0.15, -0.1) is 0 Å². The van der Waals surface area contributed by atoms with Crippen LogP contribution in [0.25, 0.3) is 0 Å². The van der Waals surface area contributed by atoms with Gasteiger partial charge in [0.15, 0.2) is 0 Å². The molecule has 0 aliphatic heterocycles. The topological polar surface area (TPSA) is 55.8 Å². The molecule has 3 rings (SSSR count). The number of carbonyl (C=O) groups excluding carboxylic acids is 2. The zero-order chi connectivity index (χ0) is 17.1. The molecule has 2 aliphatic carbocycles. The van der Waals surface area contributed by atoms with Crippen LogP contribution in [0.5, 0.6) is 0 Å². The molecule has 2 saturated carbocycles. The highest BCUT2D eigenvalue weighted by Crippen LogP contribution is 2.54. The van der Waals surface area contributed by atoms with Gasteiger partial charge in [0.1, 0.15) is 0 Å². The Balaban J connectivity index is 1.76. The normalized spacial score (nSPS) is 27.8. The lowest BCUT2D eigenvalue weighted by molar-refractivity contribution is -0.149. The molecule has 130 valence electrons. The van der Waals surface area contributed by atoms with E-state index in [2.05, 4.69) is 24.3 Å². The maximum absolute atomic E-state index is 12.5. The number of rotatable bonds is 5. The van der Waals surface area contributed by atoms with E-state index >= 15 is 0 Å². The lowest BCUT2D eigenvalue weighted by Crippen LogP contribution is -2.47. The molecule has 0 aromatic heterocycles. The summed E-state index contributed by atoms with van der Waals surface area (Å²) in [4.78, 5) is 25.2. The Morgan fingerprint density at radius 2 is 1.83 bits per heavy atom. The Morgan fingerprint density at radius 3 is 2.50 bits per heavy atom. The number of benzene rings is 1. The monoisotopic (exact) mass is 331 g/mol. The second kappa shape index (κ2) is 7.24. The predicted octanol–water partition coefficient (Wildman–Crippen LogP) is 3.55. The van der Waals surface area contributed by atoms with Gasteiger partial charge < -0.3 is 14.4 Å². The highest BCUT2D eigenvalue weighted by Gasteiger charge is 2.51. The Hall–Kier alpha value is -2.04. The average molecular weight is 331 g/mol. The number of fused-ring (bicyclic) bond motifs is 2. The van der Waals surface area contributed by atoms with Gasteiger partial charge in [0, 0.05) is 25.4 Å². The summed E-state index contributed by atoms with van der Waals surface area (Å²) >= 11 is 0. The van der Waals surface area contributed by atoms with Gasteiger partial charge >= 0.3 is 12.1 Å². The number of nitrogens with zero attached hydrogens (tertiary/aromatic N) is 1. The molecule has 0 heterocycles. The van der Waals surface area contributed by atoms with Crippen molar-refractivity contribution in [3.8, 4) is 0 Å². The van der Waals surface area contributed by atoms with Gasteiger partial charge in [-0.05, 0) is 43.6 Å². The van der Waals surface area contributed by atoms with Crippen molar-refractivity contribution in [3.05, 3.63) is 35.9 Å². The minimum absolute atomic E-state index is 0.168. The Morgan fingerprint density at radius 1 is 1.12 bits per heavy atom. The molecule has 5 heteroatoms. The molecule has 1 amide bonds. The van der Waals surface area contributed by atoms with Gasteiger partial charge in [-0.1, -0.05) is 30.3 Å². The van der Waals surface area contributed by atoms with E-state index in [0.717, 1.165) is 0 Å². The van der Waals surface area contributed by atoms with Gasteiger partial charge in [-0.25, -0.2) is 4.79 Å². The molecule has 1 aromatic rings. The van der Waals surface area contributed by atoms with Crippen LogP contribution in [-0.4, -0.2) is 36.3 Å². The first kappa shape index (κ1) is 16.8. The van der Waals surface area contributed by atoms with E-state index < -0.39 is 12.1 Å². The highest BCUT2D eigenvalue weighted by molar-refractivity contribution is 5.69. The Labute approximate surface area is 142 Å². The molecule has 24 heavy (non-hydrogen) atoms.